The molecule has 100 valence electrons. The summed E-state index contributed by atoms with van der Waals surface area (Å²) in [6.45, 7) is 8.24. The maximum Gasteiger partial charge on any atom is 0.0500 e. The Hall–Kier alpha value is -1.54. The summed E-state index contributed by atoms with van der Waals surface area (Å²) in [5, 5.41) is 2.47. The molecule has 0 bridgehead atoms. The standard InChI is InChI=1S/C17H21NS/c1-4-7-13-11-12-18-17(13)15(8-5-2)16-10-9-14(6-3)19-16/h4,7,9-12,18H,1,5-6,8H2,2-3H3/b13-7-,17-15-. The van der Waals surface area contributed by atoms with E-state index >= 15 is 0 Å². The van der Waals surface area contributed by atoms with Gasteiger partial charge < -0.3 is 4.98 Å². The molecule has 0 aliphatic carbocycles. The Kier molecular flexibility index (Phi) is 4.80. The number of hydrogen-bond acceptors (Lipinski definition) is 1. The van der Waals surface area contributed by atoms with Crippen molar-refractivity contribution < 1.29 is 0 Å². The summed E-state index contributed by atoms with van der Waals surface area (Å²) >= 11 is 1.91. The van der Waals surface area contributed by atoms with Gasteiger partial charge in [-0.15, -0.1) is 11.3 Å². The van der Waals surface area contributed by atoms with Crippen molar-refractivity contribution in [1.29, 1.82) is 0 Å². The zero-order valence-corrected chi connectivity index (χ0v) is 12.5. The smallest absolute Gasteiger partial charge is 0.0500 e. The third-order valence-electron chi connectivity index (χ3n) is 3.19. The van der Waals surface area contributed by atoms with Crippen LogP contribution in [-0.2, 0) is 6.42 Å². The zero-order valence-electron chi connectivity index (χ0n) is 11.7. The Morgan fingerprint density at radius 3 is 2.79 bits per heavy atom. The number of allylic oxidation sites excluding steroid dienone is 1. The Morgan fingerprint density at radius 2 is 2.16 bits per heavy atom. The number of nitrogens with one attached hydrogen (secondary N) is 1. The van der Waals surface area contributed by atoms with Gasteiger partial charge in [0.1, 0.15) is 0 Å². The van der Waals surface area contributed by atoms with Crippen LogP contribution in [0.1, 0.15) is 36.4 Å². The van der Waals surface area contributed by atoms with E-state index in [0.29, 0.717) is 0 Å². The molecule has 0 fully saturated rings. The van der Waals surface area contributed by atoms with Crippen molar-refractivity contribution in [2.75, 3.05) is 0 Å². The second-order valence-electron chi connectivity index (χ2n) is 4.56. The molecule has 2 rings (SSSR count). The number of H-pyrrole nitrogens is 1. The number of hydrogen-bond donors (Lipinski definition) is 1. The van der Waals surface area contributed by atoms with Crippen molar-refractivity contribution in [3.05, 3.63) is 57.4 Å². The van der Waals surface area contributed by atoms with Crippen molar-refractivity contribution >= 4 is 23.0 Å². The SMILES string of the molecule is C=C/C=c1/cc[nH]/c1=C(/CCC)c1ccc(CC)s1. The zero-order chi connectivity index (χ0) is 13.7. The van der Waals surface area contributed by atoms with Gasteiger partial charge in [0, 0.05) is 16.0 Å². The summed E-state index contributed by atoms with van der Waals surface area (Å²) in [5.41, 5.74) is 1.42. The van der Waals surface area contributed by atoms with Gasteiger partial charge in [0.25, 0.3) is 0 Å². The van der Waals surface area contributed by atoms with E-state index in [2.05, 4.69) is 49.7 Å². The molecule has 0 aliphatic rings. The molecule has 0 amide bonds. The summed E-state index contributed by atoms with van der Waals surface area (Å²) in [4.78, 5) is 6.23. The van der Waals surface area contributed by atoms with Gasteiger partial charge in [-0.3, -0.25) is 0 Å². The van der Waals surface area contributed by atoms with Crippen LogP contribution >= 0.6 is 11.3 Å². The van der Waals surface area contributed by atoms with E-state index in [0.717, 1.165) is 19.3 Å². The number of rotatable bonds is 5. The second-order valence-corrected chi connectivity index (χ2v) is 5.73. The maximum atomic E-state index is 3.80. The average Bonchev–Trinajstić information content (AvgIpc) is 3.05. The molecule has 19 heavy (non-hydrogen) atoms. The molecule has 0 unspecified atom stereocenters. The van der Waals surface area contributed by atoms with E-state index in [1.807, 2.05) is 23.6 Å². The molecular formula is C17H21NS. The van der Waals surface area contributed by atoms with E-state index in [1.54, 1.807) is 0 Å². The van der Waals surface area contributed by atoms with E-state index in [-0.39, 0.29) is 0 Å². The lowest BCUT2D eigenvalue weighted by atomic mass is 10.1. The van der Waals surface area contributed by atoms with Crippen molar-refractivity contribution in [2.45, 2.75) is 33.1 Å². The minimum atomic E-state index is 1.10. The largest absolute Gasteiger partial charge is 0.361 e. The number of aromatic amines is 1. The molecule has 0 atom stereocenters. The van der Waals surface area contributed by atoms with Crippen molar-refractivity contribution in [3.63, 3.8) is 0 Å². The summed E-state index contributed by atoms with van der Waals surface area (Å²) in [6, 6.07) is 6.61. The number of aromatic nitrogens is 1. The van der Waals surface area contributed by atoms with E-state index < -0.39 is 0 Å². The molecule has 0 spiro atoms. The summed E-state index contributed by atoms with van der Waals surface area (Å²) in [6.07, 6.45) is 9.29. The Morgan fingerprint density at radius 1 is 1.32 bits per heavy atom. The first-order valence-corrected chi connectivity index (χ1v) is 7.70. The monoisotopic (exact) mass is 271 g/mol. The molecule has 0 radical (unpaired) electrons. The lowest BCUT2D eigenvalue weighted by Gasteiger charge is -2.02. The fourth-order valence-corrected chi connectivity index (χ4v) is 3.29. The maximum absolute atomic E-state index is 3.80. The molecule has 2 aromatic heterocycles. The molecule has 2 aromatic rings. The number of thiophene rings is 1. The van der Waals surface area contributed by atoms with Gasteiger partial charge in [-0.05, 0) is 41.8 Å². The van der Waals surface area contributed by atoms with Crippen LogP contribution in [0.2, 0.25) is 0 Å². The van der Waals surface area contributed by atoms with Crippen LogP contribution in [0.3, 0.4) is 0 Å². The van der Waals surface area contributed by atoms with Gasteiger partial charge in [-0.2, -0.15) is 0 Å². The predicted octanol–water partition coefficient (Wildman–Crippen LogP) is 3.60. The van der Waals surface area contributed by atoms with E-state index in [1.165, 1.54) is 25.9 Å². The molecule has 2 heteroatoms. The van der Waals surface area contributed by atoms with Gasteiger partial charge >= 0.3 is 0 Å². The van der Waals surface area contributed by atoms with Crippen LogP contribution in [0.15, 0.2) is 37.1 Å². The van der Waals surface area contributed by atoms with E-state index in [9.17, 15) is 0 Å². The molecule has 1 N–H and O–H groups in total. The van der Waals surface area contributed by atoms with Crippen molar-refractivity contribution in [1.82, 2.24) is 4.98 Å². The van der Waals surface area contributed by atoms with Crippen LogP contribution < -0.4 is 10.6 Å². The van der Waals surface area contributed by atoms with Crippen LogP contribution in [0, 0.1) is 0 Å². The predicted molar refractivity (Wildman–Crippen MR) is 85.8 cm³/mol. The van der Waals surface area contributed by atoms with Gasteiger partial charge in [-0.1, -0.05) is 39.0 Å². The van der Waals surface area contributed by atoms with Crippen molar-refractivity contribution in [3.8, 4) is 0 Å². The minimum Gasteiger partial charge on any atom is -0.361 e. The molecule has 0 saturated carbocycles. The highest BCUT2D eigenvalue weighted by Gasteiger charge is 2.07. The van der Waals surface area contributed by atoms with Gasteiger partial charge in [0.2, 0.25) is 0 Å². The van der Waals surface area contributed by atoms with Crippen LogP contribution in [0.4, 0.5) is 0 Å². The first-order chi connectivity index (χ1) is 9.30. The molecule has 0 aromatic carbocycles. The molecular weight excluding hydrogens is 250 g/mol. The third kappa shape index (κ3) is 3.07. The second kappa shape index (κ2) is 6.58. The van der Waals surface area contributed by atoms with Gasteiger partial charge in [-0.25, -0.2) is 0 Å². The van der Waals surface area contributed by atoms with Gasteiger partial charge in [0.05, 0.1) is 5.35 Å². The molecule has 0 aliphatic heterocycles. The van der Waals surface area contributed by atoms with Crippen LogP contribution in [0.25, 0.3) is 11.6 Å². The molecule has 2 heterocycles. The van der Waals surface area contributed by atoms with Crippen LogP contribution in [0.5, 0.6) is 0 Å². The fourth-order valence-electron chi connectivity index (χ4n) is 2.26. The Balaban J connectivity index is 2.65. The topological polar surface area (TPSA) is 15.8 Å². The first-order valence-electron chi connectivity index (χ1n) is 6.88. The fraction of sp³-hybridized carbons (Fsp3) is 0.294. The van der Waals surface area contributed by atoms with Crippen molar-refractivity contribution in [2.24, 2.45) is 0 Å². The summed E-state index contributed by atoms with van der Waals surface area (Å²) < 4.78 is 0. The van der Waals surface area contributed by atoms with E-state index in [4.69, 9.17) is 0 Å². The molecule has 1 nitrogen and oxygen atoms in total. The minimum absolute atomic E-state index is 1.10. The Labute approximate surface area is 119 Å². The summed E-state index contributed by atoms with van der Waals surface area (Å²) in [7, 11) is 0. The Bertz CT molecular complexity index is 657. The normalized spacial score (nSPS) is 13.7. The lowest BCUT2D eigenvalue weighted by molar-refractivity contribution is 0.966. The third-order valence-corrected chi connectivity index (χ3v) is 4.48. The first kappa shape index (κ1) is 13.9. The highest BCUT2D eigenvalue weighted by Crippen LogP contribution is 2.25. The number of aryl methyl sites for hydroxylation is 1. The highest BCUT2D eigenvalue weighted by molar-refractivity contribution is 7.13. The van der Waals surface area contributed by atoms with Crippen LogP contribution in [-0.4, -0.2) is 4.98 Å². The highest BCUT2D eigenvalue weighted by atomic mass is 32.1. The summed E-state index contributed by atoms with van der Waals surface area (Å²) in [5.74, 6) is 0. The molecule has 0 saturated heterocycles. The average molecular weight is 271 g/mol. The van der Waals surface area contributed by atoms with Gasteiger partial charge in [0.15, 0.2) is 0 Å². The lowest BCUT2D eigenvalue weighted by Crippen LogP contribution is -2.25. The quantitative estimate of drug-likeness (QED) is 0.855.